The van der Waals surface area contributed by atoms with Crippen LogP contribution in [-0.4, -0.2) is 11.7 Å². The summed E-state index contributed by atoms with van der Waals surface area (Å²) in [7, 11) is 0. The third-order valence-electron chi connectivity index (χ3n) is 2.07. The molecule has 1 nitrogen and oxygen atoms in total. The third-order valence-corrected chi connectivity index (χ3v) is 2.07. The minimum absolute atomic E-state index is 0.328. The van der Waals surface area contributed by atoms with Gasteiger partial charge >= 0.3 is 0 Å². The van der Waals surface area contributed by atoms with E-state index in [4.69, 9.17) is 5.11 Å². The zero-order valence-corrected chi connectivity index (χ0v) is 7.93. The second kappa shape index (κ2) is 6.41. The van der Waals surface area contributed by atoms with Crippen molar-refractivity contribution in [2.24, 2.45) is 5.92 Å². The van der Waals surface area contributed by atoms with Crippen LogP contribution in [0.3, 0.4) is 0 Å². The fraction of sp³-hybridized carbons (Fsp3) is 0.800. The second-order valence-electron chi connectivity index (χ2n) is 3.32. The topological polar surface area (TPSA) is 20.2 Å². The molecule has 0 aliphatic carbocycles. The maximum Gasteiger partial charge on any atom is 0.0456 e. The van der Waals surface area contributed by atoms with Crippen LogP contribution >= 0.6 is 0 Å². The fourth-order valence-electron chi connectivity index (χ4n) is 0.965. The predicted molar refractivity (Wildman–Crippen MR) is 49.5 cm³/mol. The van der Waals surface area contributed by atoms with E-state index in [1.165, 1.54) is 18.4 Å². The lowest BCUT2D eigenvalue weighted by atomic mass is 10.0. The van der Waals surface area contributed by atoms with Gasteiger partial charge in [-0.05, 0) is 39.0 Å². The molecule has 0 saturated carbocycles. The van der Waals surface area contributed by atoms with Crippen molar-refractivity contribution in [3.05, 3.63) is 11.6 Å². The Morgan fingerprint density at radius 2 is 2.18 bits per heavy atom. The molecule has 0 aliphatic rings. The van der Waals surface area contributed by atoms with Crippen LogP contribution in [0.25, 0.3) is 0 Å². The Morgan fingerprint density at radius 3 is 2.64 bits per heavy atom. The van der Waals surface area contributed by atoms with Crippen LogP contribution in [0.4, 0.5) is 0 Å². The van der Waals surface area contributed by atoms with E-state index in [-0.39, 0.29) is 0 Å². The quantitative estimate of drug-likeness (QED) is 0.607. The first kappa shape index (κ1) is 10.7. The van der Waals surface area contributed by atoms with Crippen LogP contribution in [0.2, 0.25) is 0 Å². The summed E-state index contributed by atoms with van der Waals surface area (Å²) in [6.45, 7) is 6.65. The molecular weight excluding hydrogens is 136 g/mol. The van der Waals surface area contributed by atoms with Crippen molar-refractivity contribution in [3.8, 4) is 0 Å². The lowest BCUT2D eigenvalue weighted by Gasteiger charge is -2.06. The van der Waals surface area contributed by atoms with E-state index in [9.17, 15) is 0 Å². The van der Waals surface area contributed by atoms with E-state index in [1.807, 2.05) is 0 Å². The van der Waals surface area contributed by atoms with Gasteiger partial charge in [-0.2, -0.15) is 0 Å². The van der Waals surface area contributed by atoms with E-state index < -0.39 is 0 Å². The molecule has 0 aromatic carbocycles. The Balaban J connectivity index is 3.27. The molecule has 0 spiro atoms. The molecule has 0 saturated heterocycles. The third kappa shape index (κ3) is 6.11. The molecule has 11 heavy (non-hydrogen) atoms. The Bertz CT molecular complexity index is 116. The summed E-state index contributed by atoms with van der Waals surface area (Å²) in [4.78, 5) is 0. The summed E-state index contributed by atoms with van der Waals surface area (Å²) in [5.74, 6) is 0.472. The van der Waals surface area contributed by atoms with Crippen molar-refractivity contribution in [2.75, 3.05) is 6.61 Å². The lowest BCUT2D eigenvalue weighted by Crippen LogP contribution is -1.99. The van der Waals surface area contributed by atoms with Gasteiger partial charge < -0.3 is 5.11 Å². The molecule has 0 radical (unpaired) electrons. The highest BCUT2D eigenvalue weighted by Gasteiger charge is 1.98. The summed E-state index contributed by atoms with van der Waals surface area (Å²) < 4.78 is 0. The molecule has 0 fully saturated rings. The zero-order valence-electron chi connectivity index (χ0n) is 7.93. The highest BCUT2D eigenvalue weighted by molar-refractivity contribution is 4.94. The molecule has 66 valence electrons. The Morgan fingerprint density at radius 1 is 1.55 bits per heavy atom. The van der Waals surface area contributed by atoms with Gasteiger partial charge in [0.15, 0.2) is 0 Å². The Hall–Kier alpha value is -0.300. The minimum Gasteiger partial charge on any atom is -0.396 e. The van der Waals surface area contributed by atoms with E-state index in [0.29, 0.717) is 12.5 Å². The van der Waals surface area contributed by atoms with Crippen LogP contribution < -0.4 is 0 Å². The highest BCUT2D eigenvalue weighted by Crippen LogP contribution is 2.11. The van der Waals surface area contributed by atoms with E-state index in [1.54, 1.807) is 0 Å². The van der Waals surface area contributed by atoms with E-state index >= 15 is 0 Å². The van der Waals surface area contributed by atoms with Gasteiger partial charge in [0.25, 0.3) is 0 Å². The number of hydrogen-bond donors (Lipinski definition) is 1. The average molecular weight is 156 g/mol. The molecule has 0 heterocycles. The van der Waals surface area contributed by atoms with Crippen molar-refractivity contribution < 1.29 is 5.11 Å². The number of allylic oxidation sites excluding steroid dienone is 2. The zero-order chi connectivity index (χ0) is 8.69. The second-order valence-corrected chi connectivity index (χ2v) is 3.32. The molecule has 0 aromatic rings. The van der Waals surface area contributed by atoms with Gasteiger partial charge in [-0.1, -0.05) is 18.6 Å². The fourth-order valence-corrected chi connectivity index (χ4v) is 0.965. The van der Waals surface area contributed by atoms with E-state index in [2.05, 4.69) is 26.8 Å². The Kier molecular flexibility index (Phi) is 6.24. The minimum atomic E-state index is 0.328. The molecule has 0 aliphatic heterocycles. The molecule has 1 atom stereocenters. The predicted octanol–water partition coefficient (Wildman–Crippen LogP) is 2.75. The normalized spacial score (nSPS) is 15.1. The van der Waals surface area contributed by atoms with Gasteiger partial charge in [-0.15, -0.1) is 0 Å². The van der Waals surface area contributed by atoms with Crippen LogP contribution in [0.15, 0.2) is 11.6 Å². The van der Waals surface area contributed by atoms with Crippen LogP contribution in [0, 0.1) is 5.92 Å². The van der Waals surface area contributed by atoms with Gasteiger partial charge in [0, 0.05) is 6.61 Å². The number of aliphatic hydroxyl groups excluding tert-OH is 1. The van der Waals surface area contributed by atoms with Crippen LogP contribution in [-0.2, 0) is 0 Å². The molecular formula is C10H20O. The monoisotopic (exact) mass is 156 g/mol. The smallest absolute Gasteiger partial charge is 0.0456 e. The largest absolute Gasteiger partial charge is 0.396 e. The Labute approximate surface area is 70.1 Å². The van der Waals surface area contributed by atoms with Gasteiger partial charge in [-0.3, -0.25) is 0 Å². The van der Waals surface area contributed by atoms with Crippen LogP contribution in [0.5, 0.6) is 0 Å². The van der Waals surface area contributed by atoms with Crippen molar-refractivity contribution in [1.82, 2.24) is 0 Å². The number of hydrogen-bond acceptors (Lipinski definition) is 1. The standard InChI is InChI=1S/C10H20O/c1-4-9(2)6-5-7-10(3)8-11/h4,10-11H,5-8H2,1-3H3. The lowest BCUT2D eigenvalue weighted by molar-refractivity contribution is 0.228. The molecule has 0 aromatic heterocycles. The SMILES string of the molecule is CC=C(C)CCCC(C)CO. The van der Waals surface area contributed by atoms with Gasteiger partial charge in [0.2, 0.25) is 0 Å². The first-order valence-corrected chi connectivity index (χ1v) is 4.43. The molecule has 1 heteroatoms. The molecule has 0 amide bonds. The summed E-state index contributed by atoms with van der Waals surface area (Å²) >= 11 is 0. The molecule has 1 unspecified atom stereocenters. The van der Waals surface area contributed by atoms with Gasteiger partial charge in [-0.25, -0.2) is 0 Å². The summed E-state index contributed by atoms with van der Waals surface area (Å²) in [5.41, 5.74) is 1.45. The van der Waals surface area contributed by atoms with Gasteiger partial charge in [0.1, 0.15) is 0 Å². The van der Waals surface area contributed by atoms with E-state index in [0.717, 1.165) is 6.42 Å². The maximum atomic E-state index is 8.74. The average Bonchev–Trinajstić information content (AvgIpc) is 2.04. The molecule has 0 rings (SSSR count). The van der Waals surface area contributed by atoms with Crippen molar-refractivity contribution in [3.63, 3.8) is 0 Å². The molecule has 0 bridgehead atoms. The highest BCUT2D eigenvalue weighted by atomic mass is 16.3. The van der Waals surface area contributed by atoms with Crippen molar-refractivity contribution in [1.29, 1.82) is 0 Å². The number of rotatable bonds is 5. The molecule has 1 N–H and O–H groups in total. The van der Waals surface area contributed by atoms with Crippen molar-refractivity contribution >= 4 is 0 Å². The maximum absolute atomic E-state index is 8.74. The summed E-state index contributed by atoms with van der Waals surface area (Å²) in [6, 6.07) is 0. The van der Waals surface area contributed by atoms with Gasteiger partial charge in [0.05, 0.1) is 0 Å². The number of aliphatic hydroxyl groups is 1. The first-order chi connectivity index (χ1) is 5.20. The van der Waals surface area contributed by atoms with Crippen LogP contribution in [0.1, 0.15) is 40.0 Å². The van der Waals surface area contributed by atoms with Crippen molar-refractivity contribution in [2.45, 2.75) is 40.0 Å². The summed E-state index contributed by atoms with van der Waals surface area (Å²) in [6.07, 6.45) is 5.68. The first-order valence-electron chi connectivity index (χ1n) is 4.43. The summed E-state index contributed by atoms with van der Waals surface area (Å²) in [5, 5.41) is 8.74.